The molecule has 2 aromatic rings. The first-order valence-electron chi connectivity index (χ1n) is 6.05. The van der Waals surface area contributed by atoms with Crippen molar-refractivity contribution in [1.82, 2.24) is 4.98 Å². The van der Waals surface area contributed by atoms with Crippen LogP contribution in [0.5, 0.6) is 11.5 Å². The lowest BCUT2D eigenvalue weighted by atomic mass is 10.2. The number of amides is 1. The van der Waals surface area contributed by atoms with Crippen LogP contribution in [0, 0.1) is 18.3 Å². The molecule has 0 radical (unpaired) electrons. The number of ether oxygens (including phenoxy) is 2. The maximum absolute atomic E-state index is 11.8. The van der Waals surface area contributed by atoms with Crippen LogP contribution in [0.2, 0.25) is 0 Å². The van der Waals surface area contributed by atoms with Gasteiger partial charge in [-0.3, -0.25) is 10.1 Å². The van der Waals surface area contributed by atoms with Gasteiger partial charge in [0, 0.05) is 11.4 Å². The van der Waals surface area contributed by atoms with E-state index in [4.69, 9.17) is 14.7 Å². The van der Waals surface area contributed by atoms with Crippen LogP contribution in [-0.2, 0) is 4.79 Å². The summed E-state index contributed by atoms with van der Waals surface area (Å²) in [6.45, 7) is 1.69. The number of hydrogen-bond acceptors (Lipinski definition) is 6. The highest BCUT2D eigenvalue weighted by molar-refractivity contribution is 7.13. The molecule has 0 saturated heterocycles. The molecular weight excluding hydrogens is 290 g/mol. The number of anilines is 1. The van der Waals surface area contributed by atoms with Crippen molar-refractivity contribution in [3.05, 3.63) is 34.8 Å². The molecule has 0 atom stereocenters. The average molecular weight is 303 g/mol. The molecule has 1 N–H and O–H groups in total. The summed E-state index contributed by atoms with van der Waals surface area (Å²) in [5.74, 6) is 0.504. The Hall–Kier alpha value is -2.59. The van der Waals surface area contributed by atoms with Gasteiger partial charge in [0.25, 0.3) is 5.91 Å². The largest absolute Gasteiger partial charge is 0.493 e. The maximum atomic E-state index is 11.8. The molecule has 0 aliphatic heterocycles. The number of benzene rings is 1. The van der Waals surface area contributed by atoms with Crippen molar-refractivity contribution < 1.29 is 14.3 Å². The monoisotopic (exact) mass is 303 g/mol. The molecule has 6 nitrogen and oxygen atoms in total. The molecule has 0 fully saturated rings. The predicted molar refractivity (Wildman–Crippen MR) is 78.7 cm³/mol. The second-order valence-corrected chi connectivity index (χ2v) is 4.97. The number of aromatic nitrogens is 1. The van der Waals surface area contributed by atoms with Crippen molar-refractivity contribution in [2.24, 2.45) is 0 Å². The fourth-order valence-corrected chi connectivity index (χ4v) is 2.27. The SMILES string of the molecule is COc1cc(C#N)ccc1OCC(=O)Nc1nc(C)cs1. The molecule has 108 valence electrons. The number of thiazole rings is 1. The van der Waals surface area contributed by atoms with Crippen LogP contribution in [0.1, 0.15) is 11.3 Å². The van der Waals surface area contributed by atoms with Gasteiger partial charge in [0.15, 0.2) is 23.2 Å². The zero-order chi connectivity index (χ0) is 15.2. The molecule has 1 amide bonds. The summed E-state index contributed by atoms with van der Waals surface area (Å²) in [6.07, 6.45) is 0. The molecule has 1 heterocycles. The molecule has 0 unspecified atom stereocenters. The molecule has 0 bridgehead atoms. The van der Waals surface area contributed by atoms with Gasteiger partial charge in [0.05, 0.1) is 24.4 Å². The quantitative estimate of drug-likeness (QED) is 0.916. The summed E-state index contributed by atoms with van der Waals surface area (Å²) in [5.41, 5.74) is 1.31. The zero-order valence-electron chi connectivity index (χ0n) is 11.5. The van der Waals surface area contributed by atoms with Crippen LogP contribution in [0.15, 0.2) is 23.6 Å². The lowest BCUT2D eigenvalue weighted by Gasteiger charge is -2.10. The van der Waals surface area contributed by atoms with Gasteiger partial charge < -0.3 is 9.47 Å². The van der Waals surface area contributed by atoms with Gasteiger partial charge in [-0.2, -0.15) is 5.26 Å². The molecule has 21 heavy (non-hydrogen) atoms. The fraction of sp³-hybridized carbons (Fsp3) is 0.214. The average Bonchev–Trinajstić information content (AvgIpc) is 2.90. The van der Waals surface area contributed by atoms with E-state index >= 15 is 0 Å². The number of hydrogen-bond donors (Lipinski definition) is 1. The minimum atomic E-state index is -0.309. The third-order valence-electron chi connectivity index (χ3n) is 2.52. The van der Waals surface area contributed by atoms with Gasteiger partial charge in [0.1, 0.15) is 0 Å². The van der Waals surface area contributed by atoms with Crippen molar-refractivity contribution >= 4 is 22.4 Å². The van der Waals surface area contributed by atoms with Crippen LogP contribution < -0.4 is 14.8 Å². The minimum Gasteiger partial charge on any atom is -0.493 e. The highest BCUT2D eigenvalue weighted by Gasteiger charge is 2.10. The molecule has 1 aromatic heterocycles. The number of nitrogens with one attached hydrogen (secondary N) is 1. The predicted octanol–water partition coefficient (Wildman–Crippen LogP) is 2.35. The van der Waals surface area contributed by atoms with E-state index in [-0.39, 0.29) is 12.5 Å². The van der Waals surface area contributed by atoms with Crippen LogP contribution >= 0.6 is 11.3 Å². The van der Waals surface area contributed by atoms with E-state index < -0.39 is 0 Å². The Morgan fingerprint density at radius 1 is 1.48 bits per heavy atom. The molecule has 0 saturated carbocycles. The van der Waals surface area contributed by atoms with Crippen molar-refractivity contribution in [2.45, 2.75) is 6.92 Å². The lowest BCUT2D eigenvalue weighted by molar-refractivity contribution is -0.118. The molecule has 7 heteroatoms. The molecule has 1 aromatic carbocycles. The van der Waals surface area contributed by atoms with E-state index in [2.05, 4.69) is 10.3 Å². The van der Waals surface area contributed by atoms with E-state index in [1.54, 1.807) is 18.2 Å². The fourth-order valence-electron chi connectivity index (χ4n) is 1.57. The van der Waals surface area contributed by atoms with Crippen molar-refractivity contribution in [2.75, 3.05) is 19.0 Å². The summed E-state index contributed by atoms with van der Waals surface area (Å²) in [6, 6.07) is 6.75. The van der Waals surface area contributed by atoms with Crippen molar-refractivity contribution in [3.8, 4) is 17.6 Å². The summed E-state index contributed by atoms with van der Waals surface area (Å²) < 4.78 is 10.5. The minimum absolute atomic E-state index is 0.166. The highest BCUT2D eigenvalue weighted by Crippen LogP contribution is 2.27. The van der Waals surface area contributed by atoms with Gasteiger partial charge in [-0.25, -0.2) is 4.98 Å². The number of methoxy groups -OCH3 is 1. The highest BCUT2D eigenvalue weighted by atomic mass is 32.1. The van der Waals surface area contributed by atoms with E-state index in [1.807, 2.05) is 18.4 Å². The smallest absolute Gasteiger partial charge is 0.264 e. The number of nitrogens with zero attached hydrogens (tertiary/aromatic N) is 2. The lowest BCUT2D eigenvalue weighted by Crippen LogP contribution is -2.20. The van der Waals surface area contributed by atoms with E-state index in [0.717, 1.165) is 5.69 Å². The molecule has 0 aliphatic rings. The second kappa shape index (κ2) is 6.72. The first-order chi connectivity index (χ1) is 10.1. The van der Waals surface area contributed by atoms with Crippen LogP contribution in [-0.4, -0.2) is 24.6 Å². The number of rotatable bonds is 5. The Labute approximate surface area is 126 Å². The van der Waals surface area contributed by atoms with Gasteiger partial charge >= 0.3 is 0 Å². The third kappa shape index (κ3) is 3.94. The Balaban J connectivity index is 1.96. The van der Waals surface area contributed by atoms with Crippen molar-refractivity contribution in [3.63, 3.8) is 0 Å². The Bertz CT molecular complexity index is 691. The maximum Gasteiger partial charge on any atom is 0.264 e. The summed E-state index contributed by atoms with van der Waals surface area (Å²) in [7, 11) is 1.47. The normalized spacial score (nSPS) is 9.76. The van der Waals surface area contributed by atoms with Gasteiger partial charge in [-0.15, -0.1) is 11.3 Å². The number of carbonyl (C=O) groups excluding carboxylic acids is 1. The number of aryl methyl sites for hydroxylation is 1. The molecule has 2 rings (SSSR count). The first kappa shape index (κ1) is 14.8. The van der Waals surface area contributed by atoms with E-state index in [9.17, 15) is 4.79 Å². The van der Waals surface area contributed by atoms with Gasteiger partial charge in [0.2, 0.25) is 0 Å². The van der Waals surface area contributed by atoms with Crippen LogP contribution in [0.25, 0.3) is 0 Å². The summed E-state index contributed by atoms with van der Waals surface area (Å²) >= 11 is 1.35. The third-order valence-corrected chi connectivity index (χ3v) is 3.39. The van der Waals surface area contributed by atoms with E-state index in [0.29, 0.717) is 22.2 Å². The van der Waals surface area contributed by atoms with E-state index in [1.165, 1.54) is 18.4 Å². The van der Waals surface area contributed by atoms with Gasteiger partial charge in [-0.05, 0) is 19.1 Å². The zero-order valence-corrected chi connectivity index (χ0v) is 12.4. The first-order valence-corrected chi connectivity index (χ1v) is 6.93. The molecule has 0 spiro atoms. The molecular formula is C14H13N3O3S. The Morgan fingerprint density at radius 2 is 2.29 bits per heavy atom. The Morgan fingerprint density at radius 3 is 2.90 bits per heavy atom. The number of carbonyl (C=O) groups is 1. The van der Waals surface area contributed by atoms with Gasteiger partial charge in [-0.1, -0.05) is 0 Å². The summed E-state index contributed by atoms with van der Waals surface area (Å²) in [5, 5.41) is 13.8. The Kier molecular flexibility index (Phi) is 4.74. The topological polar surface area (TPSA) is 84.2 Å². The van der Waals surface area contributed by atoms with Crippen molar-refractivity contribution in [1.29, 1.82) is 5.26 Å². The van der Waals surface area contributed by atoms with Crippen LogP contribution in [0.3, 0.4) is 0 Å². The number of nitriles is 1. The summed E-state index contributed by atoms with van der Waals surface area (Å²) in [4.78, 5) is 15.9. The standard InChI is InChI=1S/C14H13N3O3S/c1-9-8-21-14(16-9)17-13(18)7-20-11-4-3-10(6-15)5-12(11)19-2/h3-5,8H,7H2,1-2H3,(H,16,17,18). The van der Waals surface area contributed by atoms with Crippen LogP contribution in [0.4, 0.5) is 5.13 Å². The molecule has 0 aliphatic carbocycles. The second-order valence-electron chi connectivity index (χ2n) is 4.11.